The van der Waals surface area contributed by atoms with Gasteiger partial charge < -0.3 is 15.7 Å². The van der Waals surface area contributed by atoms with E-state index in [0.29, 0.717) is 28.5 Å². The van der Waals surface area contributed by atoms with Gasteiger partial charge in [-0.25, -0.2) is 4.79 Å². The van der Waals surface area contributed by atoms with Crippen LogP contribution in [0.3, 0.4) is 0 Å². The number of phenols is 1. The van der Waals surface area contributed by atoms with Crippen molar-refractivity contribution >= 4 is 23.0 Å². The van der Waals surface area contributed by atoms with E-state index >= 15 is 0 Å². The quantitative estimate of drug-likeness (QED) is 0.370. The van der Waals surface area contributed by atoms with Crippen LogP contribution >= 0.6 is 0 Å². The van der Waals surface area contributed by atoms with Gasteiger partial charge in [0, 0.05) is 11.6 Å². The fourth-order valence-corrected chi connectivity index (χ4v) is 3.74. The van der Waals surface area contributed by atoms with Gasteiger partial charge in [-0.1, -0.05) is 60.7 Å². The number of hydrogen-bond donors (Lipinski definition) is 3. The highest BCUT2D eigenvalue weighted by Gasteiger charge is 2.40. The molecule has 0 saturated carbocycles. The monoisotopic (exact) mass is 455 g/mol. The van der Waals surface area contributed by atoms with Crippen molar-refractivity contribution in [3.8, 4) is 5.75 Å². The number of alkyl halides is 3. The van der Waals surface area contributed by atoms with E-state index in [-0.39, 0.29) is 5.56 Å². The number of benzene rings is 3. The number of rotatable bonds is 4. The molecule has 7 nitrogen and oxygen atoms in total. The summed E-state index contributed by atoms with van der Waals surface area (Å²) in [6.07, 6.45) is -5.05. The second-order valence-corrected chi connectivity index (χ2v) is 7.24. The fraction of sp³-hybridized carbons (Fsp3) is 0.0870. The topological polar surface area (TPSA) is 104 Å². The lowest BCUT2D eigenvalue weighted by atomic mass is 9.87. The predicted octanol–water partition coefficient (Wildman–Crippen LogP) is 5.24. The zero-order chi connectivity index (χ0) is 23.8. The van der Waals surface area contributed by atoms with E-state index in [1.54, 1.807) is 60.7 Å². The first-order valence-corrected chi connectivity index (χ1v) is 9.68. The first-order valence-electron chi connectivity index (χ1n) is 9.68. The Kier molecular flexibility index (Phi) is 5.50. The van der Waals surface area contributed by atoms with Crippen molar-refractivity contribution in [1.82, 2.24) is 10.6 Å². The maximum atomic E-state index is 13.6. The van der Waals surface area contributed by atoms with Gasteiger partial charge in [-0.15, -0.1) is 0 Å². The standard InChI is InChI=1S/C23H16F3N3O4/c24-23(25,26)16-11-15(12-17(21(16)30)29(32)33)20-18(13-7-3-1-4-8-13)19(27-22(31)28-20)14-9-5-2-6-10-14/h1-12,20,30H,(H2,27,28,31). The molecule has 1 heterocycles. The molecule has 0 fully saturated rings. The Labute approximate surface area is 185 Å². The van der Waals surface area contributed by atoms with Gasteiger partial charge in [0.05, 0.1) is 16.7 Å². The average Bonchev–Trinajstić information content (AvgIpc) is 2.79. The van der Waals surface area contributed by atoms with Crippen molar-refractivity contribution in [1.29, 1.82) is 0 Å². The minimum Gasteiger partial charge on any atom is -0.502 e. The van der Waals surface area contributed by atoms with Gasteiger partial charge in [-0.2, -0.15) is 13.2 Å². The molecule has 3 N–H and O–H groups in total. The number of urea groups is 1. The van der Waals surface area contributed by atoms with E-state index in [4.69, 9.17) is 0 Å². The number of nitrogens with one attached hydrogen (secondary N) is 2. The Morgan fingerprint density at radius 3 is 2.06 bits per heavy atom. The van der Waals surface area contributed by atoms with Gasteiger partial charge >= 0.3 is 17.9 Å². The summed E-state index contributed by atoms with van der Waals surface area (Å²) in [5.74, 6) is -1.48. The maximum absolute atomic E-state index is 13.6. The third kappa shape index (κ3) is 4.22. The average molecular weight is 455 g/mol. The van der Waals surface area contributed by atoms with Gasteiger partial charge in [-0.05, 0) is 22.8 Å². The molecule has 0 radical (unpaired) electrons. The number of carbonyl (C=O) groups is 1. The molecular formula is C23H16F3N3O4. The molecule has 0 aliphatic carbocycles. The lowest BCUT2D eigenvalue weighted by Crippen LogP contribution is -2.43. The van der Waals surface area contributed by atoms with Gasteiger partial charge in [0.1, 0.15) is 5.56 Å². The van der Waals surface area contributed by atoms with Crippen LogP contribution in [0.5, 0.6) is 5.75 Å². The summed E-state index contributed by atoms with van der Waals surface area (Å²) in [7, 11) is 0. The molecule has 168 valence electrons. The number of nitro groups is 1. The number of phenolic OH excluding ortho intramolecular Hbond substituents is 1. The van der Waals surface area contributed by atoms with Crippen molar-refractivity contribution in [3.63, 3.8) is 0 Å². The summed E-state index contributed by atoms with van der Waals surface area (Å²) < 4.78 is 40.8. The van der Waals surface area contributed by atoms with E-state index in [0.717, 1.165) is 6.07 Å². The number of nitrogens with zero attached hydrogens (tertiary/aromatic N) is 1. The number of hydrogen-bond acceptors (Lipinski definition) is 4. The first kappa shape index (κ1) is 21.9. The summed E-state index contributed by atoms with van der Waals surface area (Å²) in [6, 6.07) is 16.9. The second kappa shape index (κ2) is 8.30. The molecule has 1 unspecified atom stereocenters. The van der Waals surface area contributed by atoms with Crippen molar-refractivity contribution in [2.24, 2.45) is 0 Å². The van der Waals surface area contributed by atoms with Gasteiger partial charge in [-0.3, -0.25) is 10.1 Å². The highest BCUT2D eigenvalue weighted by Crippen LogP contribution is 2.45. The maximum Gasteiger partial charge on any atom is 0.420 e. The van der Waals surface area contributed by atoms with E-state index in [2.05, 4.69) is 10.6 Å². The minimum atomic E-state index is -5.05. The summed E-state index contributed by atoms with van der Waals surface area (Å²) in [5.41, 5.74) is -0.934. The molecule has 4 rings (SSSR count). The number of aromatic hydroxyl groups is 1. The zero-order valence-corrected chi connectivity index (χ0v) is 16.8. The number of nitro benzene ring substituents is 1. The number of amides is 2. The van der Waals surface area contributed by atoms with Crippen molar-refractivity contribution < 1.29 is 28.0 Å². The molecule has 3 aromatic rings. The SMILES string of the molecule is O=C1NC(c2ccccc2)=C(c2ccccc2)C(c2cc([N+](=O)[O-])c(O)c(C(F)(F)F)c2)N1. The minimum absolute atomic E-state index is 0.200. The van der Waals surface area contributed by atoms with Crippen LogP contribution in [0.15, 0.2) is 72.8 Å². The largest absolute Gasteiger partial charge is 0.502 e. The molecular weight excluding hydrogens is 439 g/mol. The Morgan fingerprint density at radius 2 is 1.52 bits per heavy atom. The van der Waals surface area contributed by atoms with Gasteiger partial charge in [0.25, 0.3) is 0 Å². The van der Waals surface area contributed by atoms with Crippen LogP contribution in [0.4, 0.5) is 23.7 Å². The van der Waals surface area contributed by atoms with E-state index in [1.807, 2.05) is 0 Å². The fourth-order valence-electron chi connectivity index (χ4n) is 3.74. The molecule has 0 bridgehead atoms. The van der Waals surface area contributed by atoms with Crippen LogP contribution < -0.4 is 10.6 Å². The second-order valence-electron chi connectivity index (χ2n) is 7.24. The van der Waals surface area contributed by atoms with Crippen molar-refractivity contribution in [3.05, 3.63) is 105 Å². The predicted molar refractivity (Wildman–Crippen MR) is 114 cm³/mol. The summed E-state index contributed by atoms with van der Waals surface area (Å²) >= 11 is 0. The highest BCUT2D eigenvalue weighted by atomic mass is 19.4. The molecule has 1 aliphatic rings. The number of carbonyl (C=O) groups excluding carboxylic acids is 1. The molecule has 1 atom stereocenters. The smallest absolute Gasteiger partial charge is 0.420 e. The van der Waals surface area contributed by atoms with Crippen LogP contribution in [-0.4, -0.2) is 16.1 Å². The molecule has 0 spiro atoms. The normalized spacial score (nSPS) is 16.2. The summed E-state index contributed by atoms with van der Waals surface area (Å²) in [4.78, 5) is 22.8. The van der Waals surface area contributed by atoms with E-state index in [1.165, 1.54) is 0 Å². The summed E-state index contributed by atoms with van der Waals surface area (Å²) in [6.45, 7) is 0. The first-order chi connectivity index (χ1) is 15.7. The van der Waals surface area contributed by atoms with E-state index < -0.39 is 40.2 Å². The van der Waals surface area contributed by atoms with Crippen molar-refractivity contribution in [2.75, 3.05) is 0 Å². The zero-order valence-electron chi connectivity index (χ0n) is 16.8. The number of halogens is 3. The molecule has 0 saturated heterocycles. The molecule has 0 aromatic heterocycles. The Balaban J connectivity index is 2.02. The molecule has 3 aromatic carbocycles. The van der Waals surface area contributed by atoms with Crippen LogP contribution in [0.1, 0.15) is 28.3 Å². The third-order valence-corrected chi connectivity index (χ3v) is 5.17. The van der Waals surface area contributed by atoms with Crippen LogP contribution in [0.25, 0.3) is 11.3 Å². The Bertz CT molecular complexity index is 1260. The van der Waals surface area contributed by atoms with Crippen molar-refractivity contribution in [2.45, 2.75) is 12.2 Å². The molecule has 2 amide bonds. The highest BCUT2D eigenvalue weighted by molar-refractivity contribution is 6.03. The molecule has 33 heavy (non-hydrogen) atoms. The van der Waals surface area contributed by atoms with Crippen LogP contribution in [-0.2, 0) is 6.18 Å². The van der Waals surface area contributed by atoms with E-state index in [9.17, 15) is 33.2 Å². The molecule has 1 aliphatic heterocycles. The van der Waals surface area contributed by atoms with Crippen LogP contribution in [0, 0.1) is 10.1 Å². The van der Waals surface area contributed by atoms with Gasteiger partial charge in [0.2, 0.25) is 5.75 Å². The van der Waals surface area contributed by atoms with Crippen LogP contribution in [0.2, 0.25) is 0 Å². The molecule has 10 heteroatoms. The Hall–Kier alpha value is -4.34. The Morgan fingerprint density at radius 1 is 0.939 bits per heavy atom. The third-order valence-electron chi connectivity index (χ3n) is 5.17. The van der Waals surface area contributed by atoms with Gasteiger partial charge in [0.15, 0.2) is 0 Å². The summed E-state index contributed by atoms with van der Waals surface area (Å²) in [5, 5.41) is 26.6. The lowest BCUT2D eigenvalue weighted by Gasteiger charge is -2.31. The lowest BCUT2D eigenvalue weighted by molar-refractivity contribution is -0.386.